The van der Waals surface area contributed by atoms with E-state index in [4.69, 9.17) is 5.11 Å². The van der Waals surface area contributed by atoms with Crippen LogP contribution in [0.15, 0.2) is 24.3 Å². The summed E-state index contributed by atoms with van der Waals surface area (Å²) in [7, 11) is 0. The second-order valence-corrected chi connectivity index (χ2v) is 5.83. The molecule has 2 unspecified atom stereocenters. The van der Waals surface area contributed by atoms with Gasteiger partial charge in [0.2, 0.25) is 5.91 Å². The zero-order chi connectivity index (χ0) is 14.3. The Labute approximate surface area is 118 Å². The van der Waals surface area contributed by atoms with Gasteiger partial charge in [0.1, 0.15) is 6.04 Å². The maximum absolute atomic E-state index is 12.5. The molecule has 2 aliphatic rings. The molecule has 1 amide bonds. The summed E-state index contributed by atoms with van der Waals surface area (Å²) in [6.45, 7) is 2.65. The van der Waals surface area contributed by atoms with Crippen LogP contribution in [-0.2, 0) is 9.59 Å². The number of rotatable bonds is 3. The number of likely N-dealkylation sites (tertiary alicyclic amines) is 1. The van der Waals surface area contributed by atoms with Gasteiger partial charge in [0.25, 0.3) is 0 Å². The maximum atomic E-state index is 12.5. The molecule has 2 fully saturated rings. The Morgan fingerprint density at radius 2 is 2.05 bits per heavy atom. The predicted octanol–water partition coefficient (Wildman–Crippen LogP) is 2.17. The van der Waals surface area contributed by atoms with Gasteiger partial charge < -0.3 is 10.0 Å². The first-order valence-electron chi connectivity index (χ1n) is 7.18. The Morgan fingerprint density at radius 3 is 2.75 bits per heavy atom. The highest BCUT2D eigenvalue weighted by Crippen LogP contribution is 2.50. The Bertz CT molecular complexity index is 554. The van der Waals surface area contributed by atoms with Crippen molar-refractivity contribution in [3.8, 4) is 0 Å². The predicted molar refractivity (Wildman–Crippen MR) is 74.4 cm³/mol. The second-order valence-electron chi connectivity index (χ2n) is 5.83. The molecule has 1 aliphatic carbocycles. The molecule has 0 spiro atoms. The van der Waals surface area contributed by atoms with Crippen LogP contribution in [0.4, 0.5) is 0 Å². The van der Waals surface area contributed by atoms with Crippen LogP contribution in [0.5, 0.6) is 0 Å². The molecule has 1 N–H and O–H groups in total. The van der Waals surface area contributed by atoms with Gasteiger partial charge in [-0.2, -0.15) is 0 Å². The topological polar surface area (TPSA) is 57.6 Å². The third-order valence-electron chi connectivity index (χ3n) is 4.52. The third kappa shape index (κ3) is 2.19. The van der Waals surface area contributed by atoms with Gasteiger partial charge >= 0.3 is 5.97 Å². The van der Waals surface area contributed by atoms with Gasteiger partial charge in [-0.25, -0.2) is 4.79 Å². The van der Waals surface area contributed by atoms with Gasteiger partial charge in [-0.3, -0.25) is 4.79 Å². The summed E-state index contributed by atoms with van der Waals surface area (Å²) in [5.74, 6) is -0.582. The van der Waals surface area contributed by atoms with Crippen LogP contribution in [0.1, 0.15) is 36.3 Å². The monoisotopic (exact) mass is 273 g/mol. The lowest BCUT2D eigenvalue weighted by atomic mass is 10.0. The number of carboxylic acids is 1. The fraction of sp³-hybridized carbons (Fsp3) is 0.500. The van der Waals surface area contributed by atoms with E-state index in [1.165, 1.54) is 11.1 Å². The van der Waals surface area contributed by atoms with E-state index in [2.05, 4.69) is 19.1 Å². The standard InChI is InChI=1S/C16H19NO3/c1-10-5-2-3-6-11(10)12-9-13(12)15(18)17-8-4-7-14(17)16(19)20/h2-3,5-6,12-14H,4,7-9H2,1H3,(H,19,20)/t12?,13?,14-/m0/s1. The SMILES string of the molecule is Cc1ccccc1C1CC1C(=O)N1CCC[C@H]1C(=O)O. The van der Waals surface area contributed by atoms with E-state index in [-0.39, 0.29) is 17.7 Å². The first-order valence-corrected chi connectivity index (χ1v) is 7.18. The van der Waals surface area contributed by atoms with E-state index in [9.17, 15) is 9.59 Å². The van der Waals surface area contributed by atoms with Crippen LogP contribution in [0.25, 0.3) is 0 Å². The van der Waals surface area contributed by atoms with Crippen LogP contribution >= 0.6 is 0 Å². The third-order valence-corrected chi connectivity index (χ3v) is 4.52. The number of aryl methyl sites for hydroxylation is 1. The average Bonchev–Trinajstić information content (AvgIpc) is 3.05. The number of hydrogen-bond donors (Lipinski definition) is 1. The van der Waals surface area contributed by atoms with Crippen LogP contribution in [-0.4, -0.2) is 34.5 Å². The summed E-state index contributed by atoms with van der Waals surface area (Å²) in [6, 6.07) is 7.52. The largest absolute Gasteiger partial charge is 0.480 e. The molecule has 1 aliphatic heterocycles. The van der Waals surface area contributed by atoms with E-state index >= 15 is 0 Å². The van der Waals surface area contributed by atoms with E-state index in [0.717, 1.165) is 12.8 Å². The summed E-state index contributed by atoms with van der Waals surface area (Å²) in [5, 5.41) is 9.17. The van der Waals surface area contributed by atoms with Crippen molar-refractivity contribution in [2.75, 3.05) is 6.54 Å². The van der Waals surface area contributed by atoms with E-state index < -0.39 is 12.0 Å². The minimum absolute atomic E-state index is 0.0175. The molecular weight excluding hydrogens is 254 g/mol. The molecule has 0 aromatic heterocycles. The molecule has 1 aromatic carbocycles. The average molecular weight is 273 g/mol. The number of nitrogens with zero attached hydrogens (tertiary/aromatic N) is 1. The number of carboxylic acid groups (broad SMARTS) is 1. The zero-order valence-corrected chi connectivity index (χ0v) is 11.6. The van der Waals surface area contributed by atoms with Crippen molar-refractivity contribution >= 4 is 11.9 Å². The van der Waals surface area contributed by atoms with Crippen LogP contribution < -0.4 is 0 Å². The lowest BCUT2D eigenvalue weighted by Gasteiger charge is -2.21. The van der Waals surface area contributed by atoms with Crippen LogP contribution in [0.3, 0.4) is 0 Å². The van der Waals surface area contributed by atoms with Crippen molar-refractivity contribution in [1.29, 1.82) is 0 Å². The van der Waals surface area contributed by atoms with E-state index in [1.54, 1.807) is 4.90 Å². The maximum Gasteiger partial charge on any atom is 0.326 e. The molecule has 1 heterocycles. The van der Waals surface area contributed by atoms with Crippen molar-refractivity contribution in [2.45, 2.75) is 38.1 Å². The molecule has 106 valence electrons. The summed E-state index contributed by atoms with van der Waals surface area (Å²) >= 11 is 0. The summed E-state index contributed by atoms with van der Waals surface area (Å²) < 4.78 is 0. The smallest absolute Gasteiger partial charge is 0.326 e. The zero-order valence-electron chi connectivity index (χ0n) is 11.6. The fourth-order valence-corrected chi connectivity index (χ4v) is 3.31. The minimum atomic E-state index is -0.871. The lowest BCUT2D eigenvalue weighted by molar-refractivity contribution is -0.148. The van der Waals surface area contributed by atoms with Crippen molar-refractivity contribution in [3.63, 3.8) is 0 Å². The number of benzene rings is 1. The van der Waals surface area contributed by atoms with Gasteiger partial charge in [-0.1, -0.05) is 24.3 Å². The molecule has 1 saturated carbocycles. The van der Waals surface area contributed by atoms with E-state index in [0.29, 0.717) is 13.0 Å². The van der Waals surface area contributed by atoms with Crippen molar-refractivity contribution in [3.05, 3.63) is 35.4 Å². The molecule has 3 atom stereocenters. The molecular formula is C16H19NO3. The normalized spacial score (nSPS) is 28.4. The number of aliphatic carboxylic acids is 1. The van der Waals surface area contributed by atoms with Crippen LogP contribution in [0.2, 0.25) is 0 Å². The first kappa shape index (κ1) is 13.2. The van der Waals surface area contributed by atoms with Gasteiger partial charge in [0.05, 0.1) is 0 Å². The van der Waals surface area contributed by atoms with Crippen molar-refractivity contribution < 1.29 is 14.7 Å². The molecule has 0 radical (unpaired) electrons. The van der Waals surface area contributed by atoms with Gasteiger partial charge in [0, 0.05) is 12.5 Å². The Balaban J connectivity index is 1.72. The molecule has 0 bridgehead atoms. The van der Waals surface area contributed by atoms with E-state index in [1.807, 2.05) is 12.1 Å². The molecule has 3 rings (SSSR count). The number of hydrogen-bond acceptors (Lipinski definition) is 2. The highest BCUT2D eigenvalue weighted by molar-refractivity contribution is 5.88. The molecule has 1 aromatic rings. The summed E-state index contributed by atoms with van der Waals surface area (Å²) in [6.07, 6.45) is 2.24. The Morgan fingerprint density at radius 1 is 1.30 bits per heavy atom. The van der Waals surface area contributed by atoms with Gasteiger partial charge in [-0.05, 0) is 43.2 Å². The molecule has 4 heteroatoms. The molecule has 20 heavy (non-hydrogen) atoms. The number of amides is 1. The number of carbonyl (C=O) groups excluding carboxylic acids is 1. The summed E-state index contributed by atoms with van der Waals surface area (Å²) in [5.41, 5.74) is 2.45. The number of carbonyl (C=O) groups is 2. The summed E-state index contributed by atoms with van der Waals surface area (Å²) in [4.78, 5) is 25.2. The van der Waals surface area contributed by atoms with Gasteiger partial charge in [0.15, 0.2) is 0 Å². The fourth-order valence-electron chi connectivity index (χ4n) is 3.31. The lowest BCUT2D eigenvalue weighted by Crippen LogP contribution is -2.41. The van der Waals surface area contributed by atoms with Crippen molar-refractivity contribution in [2.24, 2.45) is 5.92 Å². The molecule has 1 saturated heterocycles. The van der Waals surface area contributed by atoms with Crippen molar-refractivity contribution in [1.82, 2.24) is 4.90 Å². The molecule has 4 nitrogen and oxygen atoms in total. The van der Waals surface area contributed by atoms with Crippen LogP contribution in [0, 0.1) is 12.8 Å². The minimum Gasteiger partial charge on any atom is -0.480 e. The highest BCUT2D eigenvalue weighted by Gasteiger charge is 2.48. The highest BCUT2D eigenvalue weighted by atomic mass is 16.4. The Hall–Kier alpha value is -1.84. The Kier molecular flexibility index (Phi) is 3.24. The quantitative estimate of drug-likeness (QED) is 0.918. The van der Waals surface area contributed by atoms with Gasteiger partial charge in [-0.15, -0.1) is 0 Å². The first-order chi connectivity index (χ1) is 9.59. The second kappa shape index (κ2) is 4.93.